The van der Waals surface area contributed by atoms with Gasteiger partial charge in [-0.05, 0) is 43.4 Å². The monoisotopic (exact) mass is 1380 g/mol. The van der Waals surface area contributed by atoms with Gasteiger partial charge in [-0.15, -0.1) is 0 Å². The van der Waals surface area contributed by atoms with Crippen molar-refractivity contribution in [1.82, 2.24) is 0 Å². The number of hydrogen-bond donors (Lipinski definition) is 3. The minimum absolute atomic E-state index is 0.106. The molecule has 0 rings (SSSR count). The lowest BCUT2D eigenvalue weighted by atomic mass is 9.99. The van der Waals surface area contributed by atoms with Crippen molar-refractivity contribution in [2.45, 2.75) is 401 Å². The van der Waals surface area contributed by atoms with Gasteiger partial charge in [0.05, 0.1) is 26.4 Å². The minimum atomic E-state index is -4.96. The molecule has 0 saturated heterocycles. The van der Waals surface area contributed by atoms with Crippen molar-refractivity contribution < 1.29 is 80.2 Å². The van der Waals surface area contributed by atoms with Gasteiger partial charge in [0, 0.05) is 25.7 Å². The molecule has 0 aliphatic carbocycles. The second-order valence-corrected chi connectivity index (χ2v) is 30.7. The Morgan fingerprint density at radius 3 is 0.755 bits per heavy atom. The first-order valence-electron chi connectivity index (χ1n) is 39.0. The number of hydrogen-bond acceptors (Lipinski definition) is 15. The van der Waals surface area contributed by atoms with Crippen LogP contribution in [0.15, 0.2) is 0 Å². The highest BCUT2D eigenvalue weighted by Gasteiger charge is 2.30. The van der Waals surface area contributed by atoms with Crippen LogP contribution >= 0.6 is 15.6 Å². The van der Waals surface area contributed by atoms with Crippen molar-refractivity contribution in [3.8, 4) is 0 Å². The molecule has 0 spiro atoms. The number of carbonyl (C=O) groups is 4. The molecule has 0 aromatic rings. The van der Waals surface area contributed by atoms with Crippen LogP contribution in [0.4, 0.5) is 0 Å². The van der Waals surface area contributed by atoms with E-state index >= 15 is 0 Å². The van der Waals surface area contributed by atoms with E-state index in [4.69, 9.17) is 37.0 Å². The van der Waals surface area contributed by atoms with E-state index in [0.717, 1.165) is 108 Å². The maximum Gasteiger partial charge on any atom is 0.472 e. The third-order valence-electron chi connectivity index (χ3n) is 18.5. The summed E-state index contributed by atoms with van der Waals surface area (Å²) in [5.74, 6) is 0.272. The Morgan fingerprint density at radius 2 is 0.511 bits per heavy atom. The predicted molar refractivity (Wildman–Crippen MR) is 381 cm³/mol. The van der Waals surface area contributed by atoms with E-state index in [0.29, 0.717) is 25.7 Å². The Hall–Kier alpha value is -1.94. The molecule has 19 heteroatoms. The van der Waals surface area contributed by atoms with Crippen molar-refractivity contribution in [3.05, 3.63) is 0 Å². The lowest BCUT2D eigenvalue weighted by Gasteiger charge is -2.21. The molecule has 8 atom stereocenters. The van der Waals surface area contributed by atoms with E-state index in [1.807, 2.05) is 0 Å². The standard InChI is InChI=1S/C75H146O17P2/c1-8-12-13-14-15-16-17-18-19-20-28-37-44-51-58-74(79)91-71(63-86-73(78)57-50-43-36-31-30-34-41-48-55-68(7)11-4)65-90-94(83,84)88-61-69(76)60-87-93(81,82)89-64-70(92-75(80)59-52-45-38-29-24-22-26-33-40-47-54-67(6)10-3)62-85-72(77)56-49-42-35-27-23-21-25-32-39-46-53-66(5)9-2/h66-71,76H,8-65H2,1-7H3,(H,81,82)(H,83,84)/t66?,67?,68?,69-,70-,71-/m1/s1. The maximum absolute atomic E-state index is 13.1. The average molecular weight is 1380 g/mol. The van der Waals surface area contributed by atoms with Crippen LogP contribution in [0, 0.1) is 17.8 Å². The molecule has 0 aromatic heterocycles. The summed E-state index contributed by atoms with van der Waals surface area (Å²) >= 11 is 0. The van der Waals surface area contributed by atoms with Gasteiger partial charge in [0.15, 0.2) is 12.2 Å². The number of carbonyl (C=O) groups excluding carboxylic acids is 4. The van der Waals surface area contributed by atoms with Crippen molar-refractivity contribution >= 4 is 39.5 Å². The van der Waals surface area contributed by atoms with Gasteiger partial charge >= 0.3 is 39.5 Å². The van der Waals surface area contributed by atoms with E-state index in [1.54, 1.807) is 0 Å². The average Bonchev–Trinajstić information content (AvgIpc) is 1.98. The molecule has 3 N–H and O–H groups in total. The smallest absolute Gasteiger partial charge is 0.462 e. The number of ether oxygens (including phenoxy) is 4. The Balaban J connectivity index is 5.29. The van der Waals surface area contributed by atoms with E-state index in [-0.39, 0.29) is 25.7 Å². The van der Waals surface area contributed by atoms with Crippen LogP contribution in [0.2, 0.25) is 0 Å². The number of phosphoric ester groups is 2. The van der Waals surface area contributed by atoms with Crippen molar-refractivity contribution in [1.29, 1.82) is 0 Å². The van der Waals surface area contributed by atoms with E-state index in [1.165, 1.54) is 193 Å². The molecule has 0 aliphatic heterocycles. The van der Waals surface area contributed by atoms with Gasteiger partial charge in [0.1, 0.15) is 19.3 Å². The highest BCUT2D eigenvalue weighted by molar-refractivity contribution is 7.47. The van der Waals surface area contributed by atoms with Crippen molar-refractivity contribution in [3.63, 3.8) is 0 Å². The molecule has 94 heavy (non-hydrogen) atoms. The molecule has 0 fully saturated rings. The number of phosphoric acid groups is 2. The molecular formula is C75H146O17P2. The Labute approximate surface area is 575 Å². The fraction of sp³-hybridized carbons (Fsp3) is 0.947. The zero-order chi connectivity index (χ0) is 69.4. The van der Waals surface area contributed by atoms with Gasteiger partial charge in [0.25, 0.3) is 0 Å². The van der Waals surface area contributed by atoms with Gasteiger partial charge < -0.3 is 33.8 Å². The predicted octanol–water partition coefficient (Wildman–Crippen LogP) is 21.8. The van der Waals surface area contributed by atoms with Crippen LogP contribution in [-0.2, 0) is 65.4 Å². The van der Waals surface area contributed by atoms with E-state index in [9.17, 15) is 43.2 Å². The van der Waals surface area contributed by atoms with Crippen LogP contribution in [-0.4, -0.2) is 96.7 Å². The lowest BCUT2D eigenvalue weighted by Crippen LogP contribution is -2.30. The normalized spacial score (nSPS) is 15.0. The summed E-state index contributed by atoms with van der Waals surface area (Å²) < 4.78 is 68.5. The van der Waals surface area contributed by atoms with Crippen LogP contribution < -0.4 is 0 Å². The van der Waals surface area contributed by atoms with Crippen LogP contribution in [0.25, 0.3) is 0 Å². The van der Waals surface area contributed by atoms with Crippen molar-refractivity contribution in [2.75, 3.05) is 39.6 Å². The van der Waals surface area contributed by atoms with Crippen LogP contribution in [0.1, 0.15) is 382 Å². The molecule has 0 aliphatic rings. The Kier molecular flexibility index (Phi) is 64.3. The van der Waals surface area contributed by atoms with Crippen LogP contribution in [0.3, 0.4) is 0 Å². The van der Waals surface area contributed by atoms with Gasteiger partial charge in [0.2, 0.25) is 0 Å². The highest BCUT2D eigenvalue weighted by atomic mass is 31.2. The number of unbranched alkanes of at least 4 members (excludes halogenated alkanes) is 38. The van der Waals surface area contributed by atoms with Gasteiger partial charge in [-0.3, -0.25) is 37.3 Å². The molecule has 0 amide bonds. The summed E-state index contributed by atoms with van der Waals surface area (Å²) in [5, 5.41) is 10.6. The summed E-state index contributed by atoms with van der Waals surface area (Å²) in [5.41, 5.74) is 0. The molecular weight excluding hydrogens is 1230 g/mol. The first-order valence-corrected chi connectivity index (χ1v) is 42.0. The summed E-state index contributed by atoms with van der Waals surface area (Å²) in [6, 6.07) is 0. The second-order valence-electron chi connectivity index (χ2n) is 27.8. The van der Waals surface area contributed by atoms with E-state index < -0.39 is 97.5 Å². The molecule has 0 aromatic carbocycles. The van der Waals surface area contributed by atoms with Gasteiger partial charge in [-0.2, -0.15) is 0 Å². The van der Waals surface area contributed by atoms with E-state index in [2.05, 4.69) is 48.5 Å². The first-order chi connectivity index (χ1) is 45.3. The summed E-state index contributed by atoms with van der Waals surface area (Å²) in [7, 11) is -9.91. The molecule has 5 unspecified atom stereocenters. The zero-order valence-electron chi connectivity index (χ0n) is 61.4. The zero-order valence-corrected chi connectivity index (χ0v) is 63.2. The number of aliphatic hydroxyl groups is 1. The van der Waals surface area contributed by atoms with Crippen LogP contribution in [0.5, 0.6) is 0 Å². The first kappa shape index (κ1) is 92.1. The maximum atomic E-state index is 13.1. The largest absolute Gasteiger partial charge is 0.472 e. The molecule has 0 radical (unpaired) electrons. The summed E-state index contributed by atoms with van der Waals surface area (Å²) in [6.07, 6.45) is 51.0. The third-order valence-corrected chi connectivity index (χ3v) is 20.4. The molecule has 0 heterocycles. The lowest BCUT2D eigenvalue weighted by molar-refractivity contribution is -0.161. The minimum Gasteiger partial charge on any atom is -0.462 e. The van der Waals surface area contributed by atoms with Crippen molar-refractivity contribution in [2.24, 2.45) is 17.8 Å². The third kappa shape index (κ3) is 64.7. The molecule has 0 bridgehead atoms. The molecule has 558 valence electrons. The number of rotatable bonds is 73. The number of aliphatic hydroxyl groups excluding tert-OH is 1. The topological polar surface area (TPSA) is 237 Å². The fourth-order valence-corrected chi connectivity index (χ4v) is 12.9. The second kappa shape index (κ2) is 65.7. The molecule has 17 nitrogen and oxygen atoms in total. The Bertz CT molecular complexity index is 1840. The summed E-state index contributed by atoms with van der Waals surface area (Å²) in [4.78, 5) is 72.8. The molecule has 0 saturated carbocycles. The SMILES string of the molecule is CCCCCCCCCCCCCCCCC(=O)O[C@H](COC(=O)CCCCCCCCCCC(C)CC)COP(=O)(O)OC[C@H](O)COP(=O)(O)OC[C@@H](COC(=O)CCCCCCCCCCCCC(C)CC)OC(=O)CCCCCCCCCCCCC(C)CC. The highest BCUT2D eigenvalue weighted by Crippen LogP contribution is 2.45. The number of esters is 4. The van der Waals surface area contributed by atoms with Gasteiger partial charge in [-0.25, -0.2) is 9.13 Å². The fourth-order valence-electron chi connectivity index (χ4n) is 11.3. The quantitative estimate of drug-likeness (QED) is 0.0222. The van der Waals surface area contributed by atoms with Gasteiger partial charge in [-0.1, -0.05) is 331 Å². The Morgan fingerprint density at radius 1 is 0.298 bits per heavy atom. The summed E-state index contributed by atoms with van der Waals surface area (Å²) in [6.45, 7) is 12.0.